The Bertz CT molecular complexity index is 784. The molecule has 0 fully saturated rings. The molecule has 1 heterocycles. The number of anilines is 1. The number of rotatable bonds is 5. The maximum absolute atomic E-state index is 12.0. The molecule has 1 aromatic heterocycles. The van der Waals surface area contributed by atoms with Crippen LogP contribution in [-0.4, -0.2) is 22.4 Å². The van der Waals surface area contributed by atoms with Gasteiger partial charge in [0.05, 0.1) is 22.0 Å². The van der Waals surface area contributed by atoms with E-state index in [-0.39, 0.29) is 39.0 Å². The first-order chi connectivity index (χ1) is 10.9. The number of non-ortho nitro benzene ring substituents is 1. The summed E-state index contributed by atoms with van der Waals surface area (Å²) in [4.78, 5) is 32.7. The molecule has 0 atom stereocenters. The number of hydrogen-bond donors (Lipinski definition) is 1. The van der Waals surface area contributed by atoms with Crippen LogP contribution in [0.5, 0.6) is 0 Å². The summed E-state index contributed by atoms with van der Waals surface area (Å²) in [5, 5.41) is 21.6. The monoisotopic (exact) mass is 337 g/mol. The van der Waals surface area contributed by atoms with Gasteiger partial charge in [0.2, 0.25) is 0 Å². The van der Waals surface area contributed by atoms with Gasteiger partial charge in [-0.05, 0) is 36.0 Å². The number of carbonyl (C=O) groups excluding carboxylic acids is 1. The average molecular weight is 337 g/mol. The van der Waals surface area contributed by atoms with E-state index in [0.717, 1.165) is 0 Å². The zero-order valence-corrected chi connectivity index (χ0v) is 12.7. The molecule has 0 amide bonds. The second-order valence-corrected chi connectivity index (χ2v) is 5.33. The average Bonchev–Trinajstić information content (AvgIpc) is 2.85. The van der Waals surface area contributed by atoms with Gasteiger partial charge in [0.25, 0.3) is 5.69 Å². The second kappa shape index (κ2) is 6.40. The Morgan fingerprint density at radius 2 is 1.83 bits per heavy atom. The van der Waals surface area contributed by atoms with Crippen molar-refractivity contribution in [2.24, 2.45) is 0 Å². The molecule has 2 rings (SSSR count). The lowest BCUT2D eigenvalue weighted by atomic mass is 10.0. The predicted octanol–water partition coefficient (Wildman–Crippen LogP) is 2.99. The standard InChI is InChI=1S/C13H11N3O6S/c1-2-22-13(17)10-9(12(16(20)21)23-11(10)14)7-3-5-8(6-4-7)15(18)19/h3-6H,2,14H2,1H3. The molecule has 120 valence electrons. The van der Waals surface area contributed by atoms with Crippen molar-refractivity contribution in [2.75, 3.05) is 12.3 Å². The Labute approximate surface area is 133 Å². The van der Waals surface area contributed by atoms with Gasteiger partial charge in [0, 0.05) is 12.1 Å². The van der Waals surface area contributed by atoms with Gasteiger partial charge in [-0.2, -0.15) is 0 Å². The van der Waals surface area contributed by atoms with Crippen molar-refractivity contribution in [2.45, 2.75) is 6.92 Å². The van der Waals surface area contributed by atoms with Crippen LogP contribution in [0.2, 0.25) is 0 Å². The Morgan fingerprint density at radius 3 is 2.30 bits per heavy atom. The summed E-state index contributed by atoms with van der Waals surface area (Å²) in [5.41, 5.74) is 5.74. The number of ether oxygens (including phenoxy) is 1. The van der Waals surface area contributed by atoms with Crippen LogP contribution in [0.4, 0.5) is 15.7 Å². The molecule has 23 heavy (non-hydrogen) atoms. The van der Waals surface area contributed by atoms with Crippen LogP contribution in [-0.2, 0) is 4.74 Å². The van der Waals surface area contributed by atoms with Crippen molar-refractivity contribution in [1.82, 2.24) is 0 Å². The van der Waals surface area contributed by atoms with Gasteiger partial charge in [-0.15, -0.1) is 0 Å². The number of nitrogens with two attached hydrogens (primary N) is 1. The molecule has 0 aliphatic rings. The summed E-state index contributed by atoms with van der Waals surface area (Å²) in [5.74, 6) is -0.775. The zero-order chi connectivity index (χ0) is 17.1. The summed E-state index contributed by atoms with van der Waals surface area (Å²) in [6, 6.07) is 5.05. The van der Waals surface area contributed by atoms with Gasteiger partial charge < -0.3 is 10.5 Å². The third-order valence-electron chi connectivity index (χ3n) is 2.93. The Kier molecular flexibility index (Phi) is 4.55. The van der Waals surface area contributed by atoms with E-state index < -0.39 is 15.8 Å². The topological polar surface area (TPSA) is 139 Å². The van der Waals surface area contributed by atoms with Crippen molar-refractivity contribution in [3.63, 3.8) is 0 Å². The molecule has 0 spiro atoms. The van der Waals surface area contributed by atoms with Crippen LogP contribution < -0.4 is 5.73 Å². The summed E-state index contributed by atoms with van der Waals surface area (Å²) < 4.78 is 4.88. The van der Waals surface area contributed by atoms with E-state index in [1.165, 1.54) is 24.3 Å². The Hall–Kier alpha value is -3.01. The van der Waals surface area contributed by atoms with Gasteiger partial charge >= 0.3 is 11.0 Å². The van der Waals surface area contributed by atoms with E-state index in [1.54, 1.807) is 6.92 Å². The minimum atomic E-state index is -0.775. The number of nitro groups is 2. The van der Waals surface area contributed by atoms with Crippen molar-refractivity contribution in [3.05, 3.63) is 50.1 Å². The first-order valence-electron chi connectivity index (χ1n) is 6.35. The number of nitro benzene ring substituents is 1. The SMILES string of the molecule is CCOC(=O)c1c(N)sc([N+](=O)[O-])c1-c1ccc([N+](=O)[O-])cc1. The first kappa shape index (κ1) is 16.4. The fraction of sp³-hybridized carbons (Fsp3) is 0.154. The van der Waals surface area contributed by atoms with Crippen LogP contribution in [0.15, 0.2) is 24.3 Å². The molecule has 0 unspecified atom stereocenters. The predicted molar refractivity (Wildman–Crippen MR) is 83.4 cm³/mol. The summed E-state index contributed by atoms with van der Waals surface area (Å²) >= 11 is 0.653. The lowest BCUT2D eigenvalue weighted by Gasteiger charge is -2.05. The van der Waals surface area contributed by atoms with E-state index in [0.29, 0.717) is 11.3 Å². The van der Waals surface area contributed by atoms with Crippen molar-refractivity contribution >= 4 is 33.0 Å². The molecule has 0 aliphatic heterocycles. The molecular weight excluding hydrogens is 326 g/mol. The van der Waals surface area contributed by atoms with Crippen molar-refractivity contribution < 1.29 is 19.4 Å². The van der Waals surface area contributed by atoms with E-state index >= 15 is 0 Å². The molecule has 0 saturated heterocycles. The molecule has 10 heteroatoms. The van der Waals surface area contributed by atoms with Crippen LogP contribution in [0, 0.1) is 20.2 Å². The maximum Gasteiger partial charge on any atom is 0.342 e. The highest BCUT2D eigenvalue weighted by Gasteiger charge is 2.31. The Morgan fingerprint density at radius 1 is 1.22 bits per heavy atom. The van der Waals surface area contributed by atoms with E-state index in [9.17, 15) is 25.0 Å². The molecule has 2 aromatic rings. The molecule has 0 saturated carbocycles. The van der Waals surface area contributed by atoms with E-state index in [2.05, 4.69) is 0 Å². The lowest BCUT2D eigenvalue weighted by molar-refractivity contribution is -0.384. The highest BCUT2D eigenvalue weighted by molar-refractivity contribution is 7.20. The third-order valence-corrected chi connectivity index (χ3v) is 3.90. The van der Waals surface area contributed by atoms with Crippen LogP contribution in [0.1, 0.15) is 17.3 Å². The van der Waals surface area contributed by atoms with Gasteiger partial charge in [-0.25, -0.2) is 4.79 Å². The van der Waals surface area contributed by atoms with Crippen LogP contribution in [0.3, 0.4) is 0 Å². The van der Waals surface area contributed by atoms with E-state index in [1.807, 2.05) is 0 Å². The molecular formula is C13H11N3O6S. The molecule has 1 aromatic carbocycles. The Balaban J connectivity index is 2.65. The minimum absolute atomic E-state index is 0.00541. The molecule has 0 bridgehead atoms. The largest absolute Gasteiger partial charge is 0.462 e. The summed E-state index contributed by atoms with van der Waals surface area (Å²) in [6.07, 6.45) is 0. The zero-order valence-electron chi connectivity index (χ0n) is 11.8. The van der Waals surface area contributed by atoms with Crippen molar-refractivity contribution in [3.8, 4) is 11.1 Å². The number of esters is 1. The van der Waals surface area contributed by atoms with Crippen molar-refractivity contribution in [1.29, 1.82) is 0 Å². The van der Waals surface area contributed by atoms with E-state index in [4.69, 9.17) is 10.5 Å². The molecule has 0 aliphatic carbocycles. The number of benzene rings is 1. The first-order valence-corrected chi connectivity index (χ1v) is 7.17. The van der Waals surface area contributed by atoms with Crippen LogP contribution in [0.25, 0.3) is 11.1 Å². The van der Waals surface area contributed by atoms with Gasteiger partial charge in [0.15, 0.2) is 0 Å². The highest BCUT2D eigenvalue weighted by atomic mass is 32.1. The fourth-order valence-electron chi connectivity index (χ4n) is 1.99. The quantitative estimate of drug-likeness (QED) is 0.502. The number of nitrogen functional groups attached to an aromatic ring is 1. The minimum Gasteiger partial charge on any atom is -0.462 e. The molecule has 2 N–H and O–H groups in total. The third kappa shape index (κ3) is 3.11. The molecule has 9 nitrogen and oxygen atoms in total. The summed E-state index contributed by atoms with van der Waals surface area (Å²) in [7, 11) is 0. The fourth-order valence-corrected chi connectivity index (χ4v) is 2.88. The highest BCUT2D eigenvalue weighted by Crippen LogP contribution is 2.44. The van der Waals surface area contributed by atoms with Crippen LogP contribution >= 0.6 is 11.3 Å². The number of thiophene rings is 1. The van der Waals surface area contributed by atoms with Gasteiger partial charge in [-0.3, -0.25) is 20.2 Å². The second-order valence-electron chi connectivity index (χ2n) is 4.30. The maximum atomic E-state index is 12.0. The summed E-state index contributed by atoms with van der Waals surface area (Å²) in [6.45, 7) is 1.68. The van der Waals surface area contributed by atoms with Gasteiger partial charge in [0.1, 0.15) is 10.6 Å². The molecule has 0 radical (unpaired) electrons. The smallest absolute Gasteiger partial charge is 0.342 e. The lowest BCUT2D eigenvalue weighted by Crippen LogP contribution is -2.07. The normalized spacial score (nSPS) is 10.3. The number of nitrogens with zero attached hydrogens (tertiary/aromatic N) is 2. The van der Waals surface area contributed by atoms with Gasteiger partial charge in [-0.1, -0.05) is 0 Å². The number of hydrogen-bond acceptors (Lipinski definition) is 8. The number of carbonyl (C=O) groups is 1.